The Kier molecular flexibility index (Phi) is 3.97. The fourth-order valence-corrected chi connectivity index (χ4v) is 3.40. The maximum absolute atomic E-state index is 12.2. The number of hydrogen-bond donors (Lipinski definition) is 0. The van der Waals surface area contributed by atoms with Crippen LogP contribution in [0.25, 0.3) is 0 Å². The zero-order chi connectivity index (χ0) is 14.9. The predicted molar refractivity (Wildman–Crippen MR) is 70.7 cm³/mol. The van der Waals surface area contributed by atoms with Crippen molar-refractivity contribution in [3.8, 4) is 0 Å². The molecule has 0 heterocycles. The van der Waals surface area contributed by atoms with Crippen LogP contribution in [0.1, 0.15) is 39.0 Å². The highest BCUT2D eigenvalue weighted by Crippen LogP contribution is 2.45. The molecule has 0 fully saturated rings. The number of ether oxygens (including phenoxy) is 2. The molecule has 0 spiro atoms. The van der Waals surface area contributed by atoms with Gasteiger partial charge in [0.25, 0.3) is 0 Å². The third-order valence-corrected chi connectivity index (χ3v) is 4.49. The van der Waals surface area contributed by atoms with Crippen molar-refractivity contribution in [2.24, 2.45) is 11.3 Å². The fourth-order valence-electron chi connectivity index (χ4n) is 3.40. The van der Waals surface area contributed by atoms with E-state index in [0.717, 1.165) is 12.0 Å². The van der Waals surface area contributed by atoms with Crippen molar-refractivity contribution < 1.29 is 23.9 Å². The van der Waals surface area contributed by atoms with Gasteiger partial charge in [0, 0.05) is 12.8 Å². The van der Waals surface area contributed by atoms with Gasteiger partial charge < -0.3 is 9.47 Å². The highest BCUT2D eigenvalue weighted by Gasteiger charge is 2.51. The maximum Gasteiger partial charge on any atom is 0.323 e. The summed E-state index contributed by atoms with van der Waals surface area (Å²) in [5, 5.41) is 0. The Labute approximate surface area is 118 Å². The van der Waals surface area contributed by atoms with Gasteiger partial charge in [0.05, 0.1) is 14.2 Å². The minimum absolute atomic E-state index is 0.0478. The van der Waals surface area contributed by atoms with Crippen molar-refractivity contribution in [1.82, 2.24) is 0 Å². The van der Waals surface area contributed by atoms with Crippen LogP contribution in [0.5, 0.6) is 0 Å². The smallest absolute Gasteiger partial charge is 0.323 e. The number of hydrogen-bond acceptors (Lipinski definition) is 5. The normalized spacial score (nSPS) is 24.9. The standard InChI is InChI=1S/C15H20O5/c1-9-7-12(16)11-8-15(13(17)19-2,14(18)20-3)6-4-5-10(9)11/h9H,4-8H2,1-3H3. The third kappa shape index (κ3) is 2.15. The van der Waals surface area contributed by atoms with Crippen LogP contribution in [0.3, 0.4) is 0 Å². The number of rotatable bonds is 2. The van der Waals surface area contributed by atoms with Crippen LogP contribution < -0.4 is 0 Å². The monoisotopic (exact) mass is 280 g/mol. The molecule has 0 saturated carbocycles. The molecule has 5 heteroatoms. The number of Topliss-reactive ketones (excluding diaryl/α,β-unsaturated/α-hetero) is 1. The Morgan fingerprint density at radius 2 is 1.80 bits per heavy atom. The summed E-state index contributed by atoms with van der Waals surface area (Å²) in [7, 11) is 2.51. The number of carbonyl (C=O) groups is 3. The molecule has 0 saturated heterocycles. The molecule has 0 amide bonds. The number of carbonyl (C=O) groups excluding carboxylic acids is 3. The molecule has 1 atom stereocenters. The summed E-state index contributed by atoms with van der Waals surface area (Å²) in [6.07, 6.45) is 2.39. The van der Waals surface area contributed by atoms with E-state index >= 15 is 0 Å². The molecule has 1 unspecified atom stereocenters. The second-order valence-electron chi connectivity index (χ2n) is 5.63. The molecule has 2 rings (SSSR count). The Morgan fingerprint density at radius 1 is 1.20 bits per heavy atom. The van der Waals surface area contributed by atoms with E-state index < -0.39 is 17.4 Å². The third-order valence-electron chi connectivity index (χ3n) is 4.49. The summed E-state index contributed by atoms with van der Waals surface area (Å²) >= 11 is 0. The SMILES string of the molecule is COC(=O)C1(C(=O)OC)CCCC2=C(C1)C(=O)CC2C. The molecule has 0 aromatic heterocycles. The van der Waals surface area contributed by atoms with Gasteiger partial charge in [-0.3, -0.25) is 14.4 Å². The molecule has 0 aromatic carbocycles. The molecule has 2 aliphatic carbocycles. The average molecular weight is 280 g/mol. The quantitative estimate of drug-likeness (QED) is 0.570. The summed E-state index contributed by atoms with van der Waals surface area (Å²) in [4.78, 5) is 36.4. The molecule has 0 bridgehead atoms. The van der Waals surface area contributed by atoms with Gasteiger partial charge in [-0.05, 0) is 30.8 Å². The molecule has 0 radical (unpaired) electrons. The van der Waals surface area contributed by atoms with E-state index in [1.807, 2.05) is 6.92 Å². The minimum Gasteiger partial charge on any atom is -0.468 e. The first-order valence-electron chi connectivity index (χ1n) is 6.88. The lowest BCUT2D eigenvalue weighted by molar-refractivity contribution is -0.169. The van der Waals surface area contributed by atoms with Crippen LogP contribution in [-0.2, 0) is 23.9 Å². The zero-order valence-electron chi connectivity index (χ0n) is 12.2. The van der Waals surface area contributed by atoms with Gasteiger partial charge >= 0.3 is 11.9 Å². The van der Waals surface area contributed by atoms with Crippen molar-refractivity contribution in [1.29, 1.82) is 0 Å². The van der Waals surface area contributed by atoms with E-state index in [4.69, 9.17) is 9.47 Å². The average Bonchev–Trinajstić information content (AvgIpc) is 2.63. The largest absolute Gasteiger partial charge is 0.468 e. The first-order valence-corrected chi connectivity index (χ1v) is 6.88. The molecule has 2 aliphatic rings. The summed E-state index contributed by atoms with van der Waals surface area (Å²) in [6.45, 7) is 2.02. The Bertz CT molecular complexity index is 472. The van der Waals surface area contributed by atoms with Crippen molar-refractivity contribution in [2.75, 3.05) is 14.2 Å². The van der Waals surface area contributed by atoms with E-state index in [1.165, 1.54) is 14.2 Å². The fraction of sp³-hybridized carbons (Fsp3) is 0.667. The van der Waals surface area contributed by atoms with E-state index in [9.17, 15) is 14.4 Å². The highest BCUT2D eigenvalue weighted by molar-refractivity contribution is 6.05. The van der Waals surface area contributed by atoms with E-state index in [0.29, 0.717) is 24.8 Å². The van der Waals surface area contributed by atoms with Gasteiger partial charge in [0.2, 0.25) is 0 Å². The zero-order valence-corrected chi connectivity index (χ0v) is 12.2. The molecular formula is C15H20O5. The number of esters is 2. The van der Waals surface area contributed by atoms with Crippen molar-refractivity contribution >= 4 is 17.7 Å². The van der Waals surface area contributed by atoms with Gasteiger partial charge in [0.15, 0.2) is 11.2 Å². The summed E-state index contributed by atoms with van der Waals surface area (Å²) < 4.78 is 9.62. The Morgan fingerprint density at radius 3 is 2.35 bits per heavy atom. The number of allylic oxidation sites excluding steroid dienone is 2. The van der Waals surface area contributed by atoms with Crippen molar-refractivity contribution in [3.63, 3.8) is 0 Å². The lowest BCUT2D eigenvalue weighted by Gasteiger charge is -2.27. The first kappa shape index (κ1) is 14.8. The molecular weight excluding hydrogens is 260 g/mol. The molecule has 0 N–H and O–H groups in total. The molecule has 0 aromatic rings. The van der Waals surface area contributed by atoms with E-state index in [2.05, 4.69) is 0 Å². The van der Waals surface area contributed by atoms with Crippen LogP contribution in [0.2, 0.25) is 0 Å². The van der Waals surface area contributed by atoms with Crippen LogP contribution >= 0.6 is 0 Å². The van der Waals surface area contributed by atoms with Crippen LogP contribution in [0.15, 0.2) is 11.1 Å². The van der Waals surface area contributed by atoms with Gasteiger partial charge in [-0.1, -0.05) is 12.5 Å². The lowest BCUT2D eigenvalue weighted by Crippen LogP contribution is -2.41. The number of ketones is 1. The first-order chi connectivity index (χ1) is 9.46. The van der Waals surface area contributed by atoms with Gasteiger partial charge in [-0.2, -0.15) is 0 Å². The summed E-state index contributed by atoms with van der Waals surface area (Å²) in [5.74, 6) is -0.953. The summed E-state index contributed by atoms with van der Waals surface area (Å²) in [5.41, 5.74) is 0.385. The topological polar surface area (TPSA) is 69.7 Å². The highest BCUT2D eigenvalue weighted by atomic mass is 16.5. The van der Waals surface area contributed by atoms with Crippen LogP contribution in [-0.4, -0.2) is 31.9 Å². The Balaban J connectivity index is 2.45. The molecule has 5 nitrogen and oxygen atoms in total. The van der Waals surface area contributed by atoms with Crippen molar-refractivity contribution in [3.05, 3.63) is 11.1 Å². The molecule has 0 aliphatic heterocycles. The summed E-state index contributed by atoms with van der Waals surface area (Å²) in [6, 6.07) is 0. The molecule has 110 valence electrons. The minimum atomic E-state index is -1.36. The van der Waals surface area contributed by atoms with Crippen LogP contribution in [0.4, 0.5) is 0 Å². The van der Waals surface area contributed by atoms with Crippen LogP contribution in [0, 0.1) is 11.3 Å². The number of methoxy groups -OCH3 is 2. The van der Waals surface area contributed by atoms with Gasteiger partial charge in [-0.25, -0.2) is 0 Å². The Hall–Kier alpha value is -1.65. The van der Waals surface area contributed by atoms with Gasteiger partial charge in [0.1, 0.15) is 0 Å². The van der Waals surface area contributed by atoms with Crippen molar-refractivity contribution in [2.45, 2.75) is 39.0 Å². The maximum atomic E-state index is 12.2. The second-order valence-corrected chi connectivity index (χ2v) is 5.63. The van der Waals surface area contributed by atoms with E-state index in [1.54, 1.807) is 0 Å². The van der Waals surface area contributed by atoms with E-state index in [-0.39, 0.29) is 18.1 Å². The second kappa shape index (κ2) is 5.38. The molecule has 20 heavy (non-hydrogen) atoms. The van der Waals surface area contributed by atoms with Gasteiger partial charge in [-0.15, -0.1) is 0 Å². The lowest BCUT2D eigenvalue weighted by atomic mass is 9.78. The predicted octanol–water partition coefficient (Wildman–Crippen LogP) is 1.80.